The number of amides is 1. The number of nitrogens with zero attached hydrogens (tertiary/aromatic N) is 3. The van der Waals surface area contributed by atoms with Crippen molar-refractivity contribution in [1.29, 1.82) is 0 Å². The number of aromatic nitrogens is 2. The molecule has 4 rings (SSSR count). The molecule has 0 aliphatic carbocycles. The van der Waals surface area contributed by atoms with Gasteiger partial charge in [-0.15, -0.1) is 0 Å². The smallest absolute Gasteiger partial charge is 0.270 e. The van der Waals surface area contributed by atoms with Crippen LogP contribution in [0.25, 0.3) is 0 Å². The average molecular weight is 439 g/mol. The summed E-state index contributed by atoms with van der Waals surface area (Å²) < 4.78 is 0. The van der Waals surface area contributed by atoms with E-state index in [2.05, 4.69) is 55.1 Å². The number of anilines is 1. The molecule has 1 fully saturated rings. The van der Waals surface area contributed by atoms with Gasteiger partial charge in [0.15, 0.2) is 0 Å². The first kappa shape index (κ1) is 22.6. The molecule has 1 aromatic carbocycles. The Balaban J connectivity index is 1.35. The Morgan fingerprint density at radius 3 is 2.69 bits per heavy atom. The fourth-order valence-corrected chi connectivity index (χ4v) is 3.95. The number of hydrogen-bond donors (Lipinski definition) is 4. The minimum atomic E-state index is -0.646. The highest BCUT2D eigenvalue weighted by atomic mass is 16.3. The van der Waals surface area contributed by atoms with Gasteiger partial charge in [-0.3, -0.25) is 9.69 Å². The Labute approximate surface area is 189 Å². The number of nitrogens with one attached hydrogen (secondary N) is 3. The lowest BCUT2D eigenvalue weighted by atomic mass is 9.95. The average Bonchev–Trinajstić information content (AvgIpc) is 2.73. The maximum Gasteiger partial charge on any atom is 0.270 e. The zero-order valence-electron chi connectivity index (χ0n) is 19.2. The highest BCUT2D eigenvalue weighted by molar-refractivity contribution is 5.93. The topological polar surface area (TPSA) is 102 Å². The Kier molecular flexibility index (Phi) is 6.74. The maximum absolute atomic E-state index is 12.8. The van der Waals surface area contributed by atoms with E-state index in [1.807, 2.05) is 20.8 Å². The van der Waals surface area contributed by atoms with Crippen molar-refractivity contribution in [3.8, 4) is 0 Å². The van der Waals surface area contributed by atoms with E-state index >= 15 is 0 Å². The largest absolute Gasteiger partial charge is 0.390 e. The van der Waals surface area contributed by atoms with E-state index < -0.39 is 6.10 Å². The van der Waals surface area contributed by atoms with Crippen molar-refractivity contribution in [3.05, 3.63) is 53.0 Å². The monoisotopic (exact) mass is 438 g/mol. The Morgan fingerprint density at radius 2 is 2.00 bits per heavy atom. The Hall–Kier alpha value is -2.55. The van der Waals surface area contributed by atoms with Gasteiger partial charge >= 0.3 is 0 Å². The van der Waals surface area contributed by atoms with Crippen LogP contribution in [0.4, 0.5) is 5.82 Å². The van der Waals surface area contributed by atoms with E-state index in [-0.39, 0.29) is 17.9 Å². The molecule has 0 radical (unpaired) electrons. The number of aliphatic hydroxyl groups is 1. The number of rotatable bonds is 7. The fraction of sp³-hybridized carbons (Fsp3) is 0.542. The van der Waals surface area contributed by atoms with Crippen LogP contribution >= 0.6 is 0 Å². The second-order valence-corrected chi connectivity index (χ2v) is 9.83. The summed E-state index contributed by atoms with van der Waals surface area (Å²) in [6.07, 6.45) is 0.338. The third-order valence-electron chi connectivity index (χ3n) is 5.94. The second kappa shape index (κ2) is 9.52. The molecule has 8 nitrogen and oxygen atoms in total. The number of β-amino-alcohol motifs (C(OH)–C–C–N with tert-alkyl or cyclic N) is 1. The Morgan fingerprint density at radius 1 is 1.25 bits per heavy atom. The number of benzene rings is 1. The SMILES string of the molecule is CC(C)(C)c1nc(NC2CNC2)cc(C(=O)NCC(O)CN2CCc3ccccc3C2)n1. The van der Waals surface area contributed by atoms with E-state index in [0.29, 0.717) is 29.9 Å². The van der Waals surface area contributed by atoms with Crippen LogP contribution in [0.3, 0.4) is 0 Å². The van der Waals surface area contributed by atoms with Gasteiger partial charge in [0.2, 0.25) is 0 Å². The molecule has 1 saturated heterocycles. The van der Waals surface area contributed by atoms with Gasteiger partial charge in [0.05, 0.1) is 12.1 Å². The first-order valence-electron chi connectivity index (χ1n) is 11.4. The summed E-state index contributed by atoms with van der Waals surface area (Å²) in [6, 6.07) is 10.4. The molecule has 172 valence electrons. The molecule has 2 aliphatic heterocycles. The van der Waals surface area contributed by atoms with Crippen molar-refractivity contribution in [2.75, 3.05) is 38.0 Å². The van der Waals surface area contributed by atoms with Gasteiger partial charge in [-0.2, -0.15) is 0 Å². The molecular weight excluding hydrogens is 404 g/mol. The molecule has 32 heavy (non-hydrogen) atoms. The fourth-order valence-electron chi connectivity index (χ4n) is 3.95. The standard InChI is InChI=1S/C24H34N6O2/c1-24(2,3)23-28-20(10-21(29-23)27-18-11-25-12-18)22(32)26-13-19(31)15-30-9-8-16-6-4-5-7-17(16)14-30/h4-7,10,18-19,25,31H,8-9,11-15H2,1-3H3,(H,26,32)(H,27,28,29). The highest BCUT2D eigenvalue weighted by Crippen LogP contribution is 2.21. The van der Waals surface area contributed by atoms with Crippen LogP contribution in [-0.2, 0) is 18.4 Å². The van der Waals surface area contributed by atoms with Crippen molar-refractivity contribution >= 4 is 11.7 Å². The molecule has 0 saturated carbocycles. The van der Waals surface area contributed by atoms with Crippen molar-refractivity contribution in [2.24, 2.45) is 0 Å². The quantitative estimate of drug-likeness (QED) is 0.517. The van der Waals surface area contributed by atoms with Crippen LogP contribution in [0.1, 0.15) is 48.2 Å². The summed E-state index contributed by atoms with van der Waals surface area (Å²) in [4.78, 5) is 24.2. The molecule has 0 bridgehead atoms. The minimum Gasteiger partial charge on any atom is -0.390 e. The zero-order valence-corrected chi connectivity index (χ0v) is 19.2. The summed E-state index contributed by atoms with van der Waals surface area (Å²) in [5.74, 6) is 0.984. The maximum atomic E-state index is 12.8. The van der Waals surface area contributed by atoms with Gasteiger partial charge < -0.3 is 21.1 Å². The van der Waals surface area contributed by atoms with E-state index in [1.165, 1.54) is 11.1 Å². The van der Waals surface area contributed by atoms with Crippen molar-refractivity contribution < 1.29 is 9.90 Å². The van der Waals surface area contributed by atoms with Crippen molar-refractivity contribution in [2.45, 2.75) is 51.3 Å². The third kappa shape index (κ3) is 5.62. The van der Waals surface area contributed by atoms with Crippen LogP contribution in [0, 0.1) is 0 Å². The Bertz CT molecular complexity index is 954. The molecule has 8 heteroatoms. The minimum absolute atomic E-state index is 0.182. The lowest BCUT2D eigenvalue weighted by Crippen LogP contribution is -2.51. The van der Waals surface area contributed by atoms with E-state index in [9.17, 15) is 9.90 Å². The van der Waals surface area contributed by atoms with Crippen molar-refractivity contribution in [3.63, 3.8) is 0 Å². The van der Waals surface area contributed by atoms with E-state index in [4.69, 9.17) is 0 Å². The number of carbonyl (C=O) groups is 1. The lowest BCUT2D eigenvalue weighted by molar-refractivity contribution is 0.0837. The predicted octanol–water partition coefficient (Wildman–Crippen LogP) is 1.31. The normalized spacial score (nSPS) is 17.9. The van der Waals surface area contributed by atoms with Gasteiger partial charge in [0.1, 0.15) is 17.3 Å². The summed E-state index contributed by atoms with van der Waals surface area (Å²) in [7, 11) is 0. The van der Waals surface area contributed by atoms with E-state index in [1.54, 1.807) is 6.07 Å². The summed E-state index contributed by atoms with van der Waals surface area (Å²) in [5.41, 5.74) is 2.73. The van der Waals surface area contributed by atoms with Gasteiger partial charge in [0.25, 0.3) is 5.91 Å². The van der Waals surface area contributed by atoms with Crippen LogP contribution in [0.2, 0.25) is 0 Å². The molecular formula is C24H34N6O2. The van der Waals surface area contributed by atoms with E-state index in [0.717, 1.165) is 32.6 Å². The summed E-state index contributed by atoms with van der Waals surface area (Å²) in [6.45, 7) is 10.3. The van der Waals surface area contributed by atoms with Gasteiger partial charge in [-0.1, -0.05) is 45.0 Å². The molecule has 4 N–H and O–H groups in total. The van der Waals surface area contributed by atoms with Crippen LogP contribution in [-0.4, -0.2) is 70.8 Å². The molecule has 0 spiro atoms. The first-order chi connectivity index (χ1) is 15.3. The number of aliphatic hydroxyl groups excluding tert-OH is 1. The predicted molar refractivity (Wildman–Crippen MR) is 125 cm³/mol. The van der Waals surface area contributed by atoms with Gasteiger partial charge in [0, 0.05) is 50.7 Å². The summed E-state index contributed by atoms with van der Waals surface area (Å²) >= 11 is 0. The molecule has 1 aromatic heterocycles. The third-order valence-corrected chi connectivity index (χ3v) is 5.94. The highest BCUT2D eigenvalue weighted by Gasteiger charge is 2.24. The molecule has 3 heterocycles. The summed E-state index contributed by atoms with van der Waals surface area (Å²) in [5, 5.41) is 20.0. The number of fused-ring (bicyclic) bond motifs is 1. The lowest BCUT2D eigenvalue weighted by Gasteiger charge is -2.30. The van der Waals surface area contributed by atoms with Gasteiger partial charge in [-0.05, 0) is 17.5 Å². The first-order valence-corrected chi connectivity index (χ1v) is 11.4. The molecule has 2 aromatic rings. The number of carbonyl (C=O) groups excluding carboxylic acids is 1. The molecule has 1 atom stereocenters. The van der Waals surface area contributed by atoms with Crippen LogP contribution in [0.15, 0.2) is 30.3 Å². The van der Waals surface area contributed by atoms with Crippen LogP contribution < -0.4 is 16.0 Å². The van der Waals surface area contributed by atoms with Crippen molar-refractivity contribution in [1.82, 2.24) is 25.5 Å². The van der Waals surface area contributed by atoms with Crippen LogP contribution in [0.5, 0.6) is 0 Å². The second-order valence-electron chi connectivity index (χ2n) is 9.83. The van der Waals surface area contributed by atoms with Gasteiger partial charge in [-0.25, -0.2) is 9.97 Å². The zero-order chi connectivity index (χ0) is 22.7. The molecule has 1 unspecified atom stereocenters. The molecule has 1 amide bonds. The molecule has 2 aliphatic rings. The number of hydrogen-bond acceptors (Lipinski definition) is 7.